The average Bonchev–Trinajstić information content (AvgIpc) is 2.76. The standard InChI is InChI=1S/C22H29N5O3/c1-17-5-3-6-18(15-17)26-13-11-25(12-14-26)10-4-9-24-21-8-7-19(27(29)30)16-20(21)22(28)23-2/h3,5-8,15-16,24H,4,9-14H2,1-2H3,(H,23,28). The highest BCUT2D eigenvalue weighted by atomic mass is 16.6. The van der Waals surface area contributed by atoms with Gasteiger partial charge in [0.1, 0.15) is 0 Å². The highest BCUT2D eigenvalue weighted by Crippen LogP contribution is 2.22. The highest BCUT2D eigenvalue weighted by molar-refractivity contribution is 6.00. The molecule has 0 aromatic heterocycles. The quantitative estimate of drug-likeness (QED) is 0.394. The summed E-state index contributed by atoms with van der Waals surface area (Å²) in [5, 5.41) is 16.8. The zero-order valence-electron chi connectivity index (χ0n) is 17.6. The number of nitrogens with zero attached hydrogens (tertiary/aromatic N) is 3. The lowest BCUT2D eigenvalue weighted by molar-refractivity contribution is -0.384. The van der Waals surface area contributed by atoms with Gasteiger partial charge in [0.2, 0.25) is 0 Å². The van der Waals surface area contributed by atoms with Crippen molar-refractivity contribution in [3.8, 4) is 0 Å². The molecule has 1 fully saturated rings. The van der Waals surface area contributed by atoms with E-state index in [1.165, 1.54) is 30.4 Å². The van der Waals surface area contributed by atoms with Crippen LogP contribution in [0.5, 0.6) is 0 Å². The Kier molecular flexibility index (Phi) is 7.24. The Balaban J connectivity index is 1.46. The van der Waals surface area contributed by atoms with Gasteiger partial charge in [-0.05, 0) is 43.7 Å². The maximum atomic E-state index is 12.1. The molecule has 0 aliphatic carbocycles. The van der Waals surface area contributed by atoms with Crippen LogP contribution in [0.4, 0.5) is 17.1 Å². The molecule has 30 heavy (non-hydrogen) atoms. The number of nitrogens with one attached hydrogen (secondary N) is 2. The second-order valence-corrected chi connectivity index (χ2v) is 7.51. The molecular formula is C22H29N5O3. The first-order chi connectivity index (χ1) is 14.5. The lowest BCUT2D eigenvalue weighted by Gasteiger charge is -2.36. The summed E-state index contributed by atoms with van der Waals surface area (Å²) in [5.74, 6) is -0.339. The van der Waals surface area contributed by atoms with E-state index in [-0.39, 0.29) is 11.6 Å². The number of nitro groups is 1. The molecule has 3 rings (SSSR count). The third kappa shape index (κ3) is 5.48. The van der Waals surface area contributed by atoms with Gasteiger partial charge in [0.15, 0.2) is 0 Å². The number of benzene rings is 2. The van der Waals surface area contributed by atoms with Gasteiger partial charge >= 0.3 is 0 Å². The predicted molar refractivity (Wildman–Crippen MR) is 119 cm³/mol. The van der Waals surface area contributed by atoms with E-state index >= 15 is 0 Å². The van der Waals surface area contributed by atoms with Gasteiger partial charge in [-0.15, -0.1) is 0 Å². The minimum atomic E-state index is -0.493. The third-order valence-corrected chi connectivity index (χ3v) is 5.39. The van der Waals surface area contributed by atoms with Gasteiger partial charge in [0, 0.05) is 63.3 Å². The summed E-state index contributed by atoms with van der Waals surface area (Å²) >= 11 is 0. The molecule has 1 aliphatic heterocycles. The van der Waals surface area contributed by atoms with Crippen molar-refractivity contribution in [1.82, 2.24) is 10.2 Å². The van der Waals surface area contributed by atoms with Crippen molar-refractivity contribution in [2.24, 2.45) is 0 Å². The fourth-order valence-electron chi connectivity index (χ4n) is 3.70. The summed E-state index contributed by atoms with van der Waals surface area (Å²) in [4.78, 5) is 27.4. The Hall–Kier alpha value is -3.13. The zero-order chi connectivity index (χ0) is 21.5. The number of rotatable bonds is 8. The number of aryl methyl sites for hydroxylation is 1. The largest absolute Gasteiger partial charge is 0.384 e. The number of hydrogen-bond acceptors (Lipinski definition) is 6. The van der Waals surface area contributed by atoms with Gasteiger partial charge in [-0.1, -0.05) is 12.1 Å². The van der Waals surface area contributed by atoms with Gasteiger partial charge in [-0.25, -0.2) is 0 Å². The Bertz CT molecular complexity index is 894. The van der Waals surface area contributed by atoms with Crippen molar-refractivity contribution in [1.29, 1.82) is 0 Å². The van der Waals surface area contributed by atoms with E-state index in [1.807, 2.05) is 0 Å². The number of hydrogen-bond donors (Lipinski definition) is 2. The van der Waals surface area contributed by atoms with Crippen LogP contribution >= 0.6 is 0 Å². The maximum absolute atomic E-state index is 12.1. The fraction of sp³-hybridized carbons (Fsp3) is 0.409. The van der Waals surface area contributed by atoms with Gasteiger partial charge in [0.05, 0.1) is 10.5 Å². The molecule has 1 saturated heterocycles. The molecule has 0 unspecified atom stereocenters. The second kappa shape index (κ2) is 10.1. The van der Waals surface area contributed by atoms with Crippen molar-refractivity contribution in [3.05, 3.63) is 63.7 Å². The molecule has 8 nitrogen and oxygen atoms in total. The van der Waals surface area contributed by atoms with Crippen LogP contribution in [-0.4, -0.2) is 62.0 Å². The van der Waals surface area contributed by atoms with E-state index in [9.17, 15) is 14.9 Å². The van der Waals surface area contributed by atoms with Gasteiger partial charge in [-0.2, -0.15) is 0 Å². The van der Waals surface area contributed by atoms with Crippen LogP contribution in [-0.2, 0) is 0 Å². The van der Waals surface area contributed by atoms with Crippen molar-refractivity contribution >= 4 is 23.0 Å². The number of amides is 1. The van der Waals surface area contributed by atoms with Crippen LogP contribution in [0.25, 0.3) is 0 Å². The van der Waals surface area contributed by atoms with E-state index < -0.39 is 4.92 Å². The number of carbonyl (C=O) groups excluding carboxylic acids is 1. The highest BCUT2D eigenvalue weighted by Gasteiger charge is 2.18. The summed E-state index contributed by atoms with van der Waals surface area (Å²) in [6.07, 6.45) is 0.925. The molecule has 0 spiro atoms. The molecule has 0 bridgehead atoms. The lowest BCUT2D eigenvalue weighted by atomic mass is 10.1. The summed E-state index contributed by atoms with van der Waals surface area (Å²) in [5.41, 5.74) is 3.38. The molecule has 2 N–H and O–H groups in total. The van der Waals surface area contributed by atoms with Crippen LogP contribution in [0.2, 0.25) is 0 Å². The first-order valence-corrected chi connectivity index (χ1v) is 10.3. The van der Waals surface area contributed by atoms with Crippen molar-refractivity contribution in [2.45, 2.75) is 13.3 Å². The smallest absolute Gasteiger partial charge is 0.270 e. The minimum absolute atomic E-state index is 0.0920. The molecule has 2 aromatic carbocycles. The van der Waals surface area contributed by atoms with Crippen LogP contribution < -0.4 is 15.5 Å². The number of nitro benzene ring substituents is 1. The number of carbonyl (C=O) groups is 1. The van der Waals surface area contributed by atoms with Gasteiger partial charge < -0.3 is 15.5 Å². The van der Waals surface area contributed by atoms with Crippen molar-refractivity contribution in [2.75, 3.05) is 56.5 Å². The van der Waals surface area contributed by atoms with Gasteiger partial charge in [-0.3, -0.25) is 19.8 Å². The van der Waals surface area contributed by atoms with Crippen LogP contribution in [0.1, 0.15) is 22.3 Å². The second-order valence-electron chi connectivity index (χ2n) is 7.51. The Morgan fingerprint density at radius 2 is 1.90 bits per heavy atom. The number of non-ortho nitro benzene ring substituents is 1. The first kappa shape index (κ1) is 21.6. The average molecular weight is 412 g/mol. The molecule has 0 saturated carbocycles. The third-order valence-electron chi connectivity index (χ3n) is 5.39. The van der Waals surface area contributed by atoms with E-state index in [2.05, 4.69) is 51.6 Å². The SMILES string of the molecule is CNC(=O)c1cc([N+](=O)[O-])ccc1NCCCN1CCN(c2cccc(C)c2)CC1. The molecule has 1 amide bonds. The molecule has 1 heterocycles. The van der Waals surface area contributed by atoms with E-state index in [0.717, 1.165) is 39.1 Å². The Morgan fingerprint density at radius 3 is 2.57 bits per heavy atom. The topological polar surface area (TPSA) is 90.7 Å². The Morgan fingerprint density at radius 1 is 1.13 bits per heavy atom. The van der Waals surface area contributed by atoms with E-state index in [0.29, 0.717) is 17.8 Å². The van der Waals surface area contributed by atoms with Crippen LogP contribution in [0, 0.1) is 17.0 Å². The maximum Gasteiger partial charge on any atom is 0.270 e. The molecule has 1 aliphatic rings. The molecule has 0 radical (unpaired) electrons. The van der Waals surface area contributed by atoms with E-state index in [4.69, 9.17) is 0 Å². The summed E-state index contributed by atoms with van der Waals surface area (Å²) in [6.45, 7) is 7.86. The summed E-state index contributed by atoms with van der Waals surface area (Å²) in [7, 11) is 1.52. The minimum Gasteiger partial charge on any atom is -0.384 e. The molecule has 8 heteroatoms. The number of piperazine rings is 1. The molecule has 0 atom stereocenters. The van der Waals surface area contributed by atoms with Crippen LogP contribution in [0.15, 0.2) is 42.5 Å². The molecule has 2 aromatic rings. The van der Waals surface area contributed by atoms with E-state index in [1.54, 1.807) is 6.07 Å². The first-order valence-electron chi connectivity index (χ1n) is 10.3. The normalized spacial score (nSPS) is 14.4. The van der Waals surface area contributed by atoms with Crippen molar-refractivity contribution < 1.29 is 9.72 Å². The fourth-order valence-corrected chi connectivity index (χ4v) is 3.70. The molecule has 160 valence electrons. The summed E-state index contributed by atoms with van der Waals surface area (Å²) < 4.78 is 0. The summed E-state index contributed by atoms with van der Waals surface area (Å²) in [6, 6.07) is 12.9. The number of anilines is 2. The Labute approximate surface area is 177 Å². The predicted octanol–water partition coefficient (Wildman–Crippen LogP) is 2.89. The van der Waals surface area contributed by atoms with Crippen LogP contribution in [0.3, 0.4) is 0 Å². The monoisotopic (exact) mass is 411 g/mol. The van der Waals surface area contributed by atoms with Gasteiger partial charge in [0.25, 0.3) is 11.6 Å². The zero-order valence-corrected chi connectivity index (χ0v) is 17.6. The lowest BCUT2D eigenvalue weighted by Crippen LogP contribution is -2.46. The van der Waals surface area contributed by atoms with Crippen molar-refractivity contribution in [3.63, 3.8) is 0 Å². The molecular weight excluding hydrogens is 382 g/mol.